The van der Waals surface area contributed by atoms with Crippen LogP contribution in [0.4, 0.5) is 0 Å². The summed E-state index contributed by atoms with van der Waals surface area (Å²) in [7, 11) is -0.820. The number of nitrogens with zero attached hydrogens (tertiary/aromatic N) is 1. The predicted octanol–water partition coefficient (Wildman–Crippen LogP) is 0.585. The van der Waals surface area contributed by atoms with Gasteiger partial charge in [-0.3, -0.25) is 9.59 Å². The van der Waals surface area contributed by atoms with Gasteiger partial charge in [0.05, 0.1) is 18.1 Å². The second-order valence-corrected chi connectivity index (χ2v) is 7.52. The van der Waals surface area contributed by atoms with Crippen LogP contribution in [-0.4, -0.2) is 52.3 Å². The summed E-state index contributed by atoms with van der Waals surface area (Å²) in [4.78, 5) is 24.0. The molecule has 1 aromatic rings. The molecule has 0 aliphatic heterocycles. The van der Waals surface area contributed by atoms with Gasteiger partial charge in [-0.25, -0.2) is 13.1 Å². The summed E-state index contributed by atoms with van der Waals surface area (Å²) >= 11 is 9.04. The van der Waals surface area contributed by atoms with Gasteiger partial charge in [-0.05, 0) is 18.2 Å². The summed E-state index contributed by atoms with van der Waals surface area (Å²) in [6, 6.07) is 4.28. The van der Waals surface area contributed by atoms with E-state index in [0.717, 1.165) is 0 Å². The monoisotopic (exact) mass is 411 g/mol. The highest BCUT2D eigenvalue weighted by Gasteiger charge is 2.19. The van der Waals surface area contributed by atoms with Gasteiger partial charge in [0.15, 0.2) is 0 Å². The summed E-state index contributed by atoms with van der Waals surface area (Å²) < 4.78 is 26.9. The number of amides is 2. The Bertz CT molecular complexity index is 679. The van der Waals surface area contributed by atoms with Crippen LogP contribution in [0.15, 0.2) is 27.6 Å². The third kappa shape index (κ3) is 5.56. The number of carbonyl (C=O) groups excluding carboxylic acids is 2. The number of hydrogen-bond acceptors (Lipinski definition) is 4. The van der Waals surface area contributed by atoms with E-state index in [1.54, 1.807) is 14.1 Å². The van der Waals surface area contributed by atoms with Gasteiger partial charge >= 0.3 is 0 Å². The Hall–Kier alpha value is -1.16. The first-order chi connectivity index (χ1) is 10.1. The third-order valence-corrected chi connectivity index (χ3v) is 4.92. The van der Waals surface area contributed by atoms with Crippen molar-refractivity contribution >= 4 is 49.4 Å². The van der Waals surface area contributed by atoms with Crippen LogP contribution in [0.3, 0.4) is 0 Å². The Labute approximate surface area is 142 Å². The normalized spacial score (nSPS) is 11.1. The van der Waals surface area contributed by atoms with Crippen molar-refractivity contribution in [2.45, 2.75) is 4.90 Å². The van der Waals surface area contributed by atoms with Gasteiger partial charge in [0.2, 0.25) is 21.8 Å². The lowest BCUT2D eigenvalue weighted by atomic mass is 10.4. The molecule has 0 spiro atoms. The van der Waals surface area contributed by atoms with E-state index in [0.29, 0.717) is 4.47 Å². The van der Waals surface area contributed by atoms with Crippen LogP contribution >= 0.6 is 27.5 Å². The summed E-state index contributed by atoms with van der Waals surface area (Å²) in [6.07, 6.45) is 0. The molecule has 0 aliphatic rings. The van der Waals surface area contributed by atoms with Gasteiger partial charge in [0, 0.05) is 18.6 Å². The predicted molar refractivity (Wildman–Crippen MR) is 86.0 cm³/mol. The largest absolute Gasteiger partial charge is 0.347 e. The molecule has 7 nitrogen and oxygen atoms in total. The molecule has 10 heteroatoms. The zero-order chi connectivity index (χ0) is 16.9. The van der Waals surface area contributed by atoms with Gasteiger partial charge in [-0.2, -0.15) is 0 Å². The Morgan fingerprint density at radius 2 is 1.91 bits per heavy atom. The van der Waals surface area contributed by atoms with Crippen LogP contribution in [0.2, 0.25) is 5.02 Å². The average Bonchev–Trinajstić information content (AvgIpc) is 2.42. The minimum Gasteiger partial charge on any atom is -0.347 e. The molecule has 0 atom stereocenters. The lowest BCUT2D eigenvalue weighted by Crippen LogP contribution is -2.41. The lowest BCUT2D eigenvalue weighted by Gasteiger charge is -2.11. The number of rotatable bonds is 6. The zero-order valence-electron chi connectivity index (χ0n) is 11.9. The minimum absolute atomic E-state index is 0.0325. The topological polar surface area (TPSA) is 95.6 Å². The van der Waals surface area contributed by atoms with Crippen LogP contribution in [-0.2, 0) is 19.6 Å². The maximum absolute atomic E-state index is 12.0. The van der Waals surface area contributed by atoms with Gasteiger partial charge in [-0.1, -0.05) is 27.5 Å². The molecule has 2 N–H and O–H groups in total. The molecule has 2 amide bonds. The number of hydrogen-bond donors (Lipinski definition) is 2. The molecule has 22 heavy (non-hydrogen) atoms. The maximum Gasteiger partial charge on any atom is 0.242 e. The number of halogens is 2. The molecule has 0 fully saturated rings. The van der Waals surface area contributed by atoms with Gasteiger partial charge < -0.3 is 10.2 Å². The van der Waals surface area contributed by atoms with Crippen molar-refractivity contribution in [1.29, 1.82) is 0 Å². The summed E-state index contributed by atoms with van der Waals surface area (Å²) in [5.41, 5.74) is 0. The lowest BCUT2D eigenvalue weighted by molar-refractivity contribution is -0.130. The average molecular weight is 413 g/mol. The number of benzene rings is 1. The first-order valence-electron chi connectivity index (χ1n) is 6.05. The van der Waals surface area contributed by atoms with Crippen LogP contribution in [0.25, 0.3) is 0 Å². The Morgan fingerprint density at radius 1 is 1.27 bits per heavy atom. The molecule has 122 valence electrons. The molecule has 0 bridgehead atoms. The minimum atomic E-state index is -3.92. The van der Waals surface area contributed by atoms with Gasteiger partial charge in [0.25, 0.3) is 0 Å². The zero-order valence-corrected chi connectivity index (χ0v) is 15.0. The Morgan fingerprint density at radius 3 is 2.45 bits per heavy atom. The fourth-order valence-electron chi connectivity index (χ4n) is 1.33. The number of likely N-dealkylation sites (N-methyl/N-ethyl adjacent to an activating group) is 1. The van der Waals surface area contributed by atoms with Crippen LogP contribution in [0, 0.1) is 0 Å². The fourth-order valence-corrected chi connectivity index (χ4v) is 3.34. The summed E-state index contributed by atoms with van der Waals surface area (Å²) in [5, 5.41) is 2.35. The van der Waals surface area contributed by atoms with Crippen LogP contribution in [0.5, 0.6) is 0 Å². The van der Waals surface area contributed by atoms with E-state index < -0.39 is 22.5 Å². The first-order valence-corrected chi connectivity index (χ1v) is 8.70. The third-order valence-electron chi connectivity index (χ3n) is 2.54. The molecule has 0 saturated heterocycles. The van der Waals surface area contributed by atoms with E-state index in [1.165, 1.54) is 23.1 Å². The van der Waals surface area contributed by atoms with E-state index in [1.807, 2.05) is 0 Å². The Balaban J connectivity index is 2.62. The van der Waals surface area contributed by atoms with E-state index in [4.69, 9.17) is 11.6 Å². The van der Waals surface area contributed by atoms with Gasteiger partial charge in [-0.15, -0.1) is 0 Å². The van der Waals surface area contributed by atoms with Gasteiger partial charge in [0.1, 0.15) is 4.90 Å². The van der Waals surface area contributed by atoms with Crippen LogP contribution in [0.1, 0.15) is 0 Å². The molecule has 0 unspecified atom stereocenters. The van der Waals surface area contributed by atoms with Crippen molar-refractivity contribution in [2.24, 2.45) is 0 Å². The Kier molecular flexibility index (Phi) is 6.79. The van der Waals surface area contributed by atoms with E-state index in [2.05, 4.69) is 26.0 Å². The second kappa shape index (κ2) is 7.91. The van der Waals surface area contributed by atoms with E-state index in [-0.39, 0.29) is 22.4 Å². The standard InChI is InChI=1S/C12H15BrClN3O4S/c1-17(2)12(19)7-15-11(18)6-16-22(20,21)10-4-3-8(13)5-9(10)14/h3-5,16H,6-7H2,1-2H3,(H,15,18). The molecule has 1 rings (SSSR count). The summed E-state index contributed by atoms with van der Waals surface area (Å²) in [6.45, 7) is -0.692. The smallest absolute Gasteiger partial charge is 0.242 e. The molecule has 1 aromatic carbocycles. The maximum atomic E-state index is 12.0. The van der Waals surface area contributed by atoms with Crippen molar-refractivity contribution in [3.05, 3.63) is 27.7 Å². The molecule has 0 radical (unpaired) electrons. The second-order valence-electron chi connectivity index (χ2n) is 4.46. The number of carbonyl (C=O) groups is 2. The molecule has 0 saturated carbocycles. The van der Waals surface area contributed by atoms with E-state index >= 15 is 0 Å². The van der Waals surface area contributed by atoms with Crippen LogP contribution < -0.4 is 10.0 Å². The first kappa shape index (κ1) is 18.9. The highest BCUT2D eigenvalue weighted by molar-refractivity contribution is 9.10. The fraction of sp³-hybridized carbons (Fsp3) is 0.333. The highest BCUT2D eigenvalue weighted by Crippen LogP contribution is 2.24. The number of nitrogens with one attached hydrogen (secondary N) is 2. The van der Waals surface area contributed by atoms with Crippen molar-refractivity contribution in [3.8, 4) is 0 Å². The number of sulfonamides is 1. The highest BCUT2D eigenvalue weighted by atomic mass is 79.9. The summed E-state index contributed by atoms with van der Waals surface area (Å²) in [5.74, 6) is -0.917. The quantitative estimate of drug-likeness (QED) is 0.715. The molecule has 0 heterocycles. The molecular formula is C12H15BrClN3O4S. The molecule has 0 aromatic heterocycles. The van der Waals surface area contributed by atoms with E-state index in [9.17, 15) is 18.0 Å². The molecular weight excluding hydrogens is 398 g/mol. The molecule has 0 aliphatic carbocycles. The van der Waals surface area contributed by atoms with Crippen molar-refractivity contribution < 1.29 is 18.0 Å². The van der Waals surface area contributed by atoms with Crippen molar-refractivity contribution in [2.75, 3.05) is 27.2 Å². The van der Waals surface area contributed by atoms with Crippen molar-refractivity contribution in [1.82, 2.24) is 14.9 Å². The SMILES string of the molecule is CN(C)C(=O)CNC(=O)CNS(=O)(=O)c1ccc(Br)cc1Cl. The van der Waals surface area contributed by atoms with Crippen molar-refractivity contribution in [3.63, 3.8) is 0 Å².